The Kier molecular flexibility index (Phi) is 4.56. The van der Waals surface area contributed by atoms with Crippen LogP contribution in [-0.4, -0.2) is 63.8 Å². The van der Waals surface area contributed by atoms with Gasteiger partial charge in [-0.15, -0.1) is 0 Å². The highest BCUT2D eigenvalue weighted by molar-refractivity contribution is 5.83. The first-order valence-electron chi connectivity index (χ1n) is 6.20. The number of β-amino-alcohol motifs (C(OH)–C–C–N with tert-alkyl or cyclic N) is 1. The van der Waals surface area contributed by atoms with Crippen molar-refractivity contribution in [3.63, 3.8) is 0 Å². The zero-order chi connectivity index (χ0) is 14.0. The van der Waals surface area contributed by atoms with E-state index in [4.69, 9.17) is 5.11 Å². The van der Waals surface area contributed by atoms with Crippen molar-refractivity contribution < 1.29 is 19.8 Å². The van der Waals surface area contributed by atoms with Crippen molar-refractivity contribution >= 4 is 12.0 Å². The second-order valence-electron chi connectivity index (χ2n) is 5.27. The van der Waals surface area contributed by atoms with Gasteiger partial charge in [-0.25, -0.2) is 9.59 Å². The standard InChI is InChI=1S/C12H22N2O4/c1-7(2)8(3)13(4)12(18)14-6-9(15)5-10(14)11(16)17/h7-10,15H,5-6H2,1-4H3,(H,16,17)/t8?,9?,10-/m0/s1. The van der Waals surface area contributed by atoms with Crippen LogP contribution in [-0.2, 0) is 4.79 Å². The highest BCUT2D eigenvalue weighted by Gasteiger charge is 2.40. The van der Waals surface area contributed by atoms with Crippen molar-refractivity contribution in [3.8, 4) is 0 Å². The largest absolute Gasteiger partial charge is 0.480 e. The Bertz CT molecular complexity index is 332. The van der Waals surface area contributed by atoms with Crippen molar-refractivity contribution in [3.05, 3.63) is 0 Å². The number of urea groups is 1. The molecule has 0 aromatic rings. The van der Waals surface area contributed by atoms with E-state index in [0.29, 0.717) is 0 Å². The zero-order valence-corrected chi connectivity index (χ0v) is 11.3. The number of aliphatic hydroxyl groups is 1. The highest BCUT2D eigenvalue weighted by atomic mass is 16.4. The molecule has 3 atom stereocenters. The van der Waals surface area contributed by atoms with Gasteiger partial charge < -0.3 is 20.0 Å². The van der Waals surface area contributed by atoms with Crippen LogP contribution in [0.2, 0.25) is 0 Å². The zero-order valence-electron chi connectivity index (χ0n) is 11.3. The maximum atomic E-state index is 12.2. The Labute approximate surface area is 107 Å². The van der Waals surface area contributed by atoms with Crippen LogP contribution < -0.4 is 0 Å². The fourth-order valence-corrected chi connectivity index (χ4v) is 2.08. The lowest BCUT2D eigenvalue weighted by molar-refractivity contribution is -0.141. The highest BCUT2D eigenvalue weighted by Crippen LogP contribution is 2.21. The fraction of sp³-hybridized carbons (Fsp3) is 0.833. The molecule has 6 nitrogen and oxygen atoms in total. The molecule has 0 aromatic heterocycles. The number of likely N-dealkylation sites (tertiary alicyclic amines) is 1. The van der Waals surface area contributed by atoms with Crippen molar-refractivity contribution in [2.24, 2.45) is 5.92 Å². The summed E-state index contributed by atoms with van der Waals surface area (Å²) in [5.74, 6) is -0.778. The number of amides is 2. The molecule has 0 aliphatic carbocycles. The van der Waals surface area contributed by atoms with E-state index in [1.807, 2.05) is 20.8 Å². The van der Waals surface area contributed by atoms with E-state index in [1.165, 1.54) is 4.90 Å². The minimum absolute atomic E-state index is 0.0182. The number of carbonyl (C=O) groups is 2. The van der Waals surface area contributed by atoms with Crippen LogP contribution in [0.15, 0.2) is 0 Å². The van der Waals surface area contributed by atoms with Crippen LogP contribution in [0, 0.1) is 5.92 Å². The summed E-state index contributed by atoms with van der Waals surface area (Å²) >= 11 is 0. The molecule has 1 rings (SSSR count). The number of nitrogens with zero attached hydrogens (tertiary/aromatic N) is 2. The summed E-state index contributed by atoms with van der Waals surface area (Å²) in [4.78, 5) is 26.1. The molecule has 6 heteroatoms. The Morgan fingerprint density at radius 2 is 1.89 bits per heavy atom. The molecule has 0 saturated carbocycles. The molecule has 1 fully saturated rings. The van der Waals surface area contributed by atoms with E-state index >= 15 is 0 Å². The van der Waals surface area contributed by atoms with Gasteiger partial charge in [0.1, 0.15) is 6.04 Å². The van der Waals surface area contributed by atoms with E-state index < -0.39 is 18.1 Å². The second kappa shape index (κ2) is 5.56. The molecular formula is C12H22N2O4. The number of aliphatic carboxylic acids is 1. The lowest BCUT2D eigenvalue weighted by atomic mass is 10.1. The number of hydrogen-bond donors (Lipinski definition) is 2. The quantitative estimate of drug-likeness (QED) is 0.777. The first-order valence-corrected chi connectivity index (χ1v) is 6.20. The lowest BCUT2D eigenvalue weighted by Crippen LogP contribution is -2.50. The molecule has 1 aliphatic heterocycles. The minimum Gasteiger partial charge on any atom is -0.480 e. The Hall–Kier alpha value is -1.30. The Morgan fingerprint density at radius 1 is 1.33 bits per heavy atom. The molecule has 0 bridgehead atoms. The first-order chi connectivity index (χ1) is 8.25. The van der Waals surface area contributed by atoms with E-state index in [9.17, 15) is 14.7 Å². The summed E-state index contributed by atoms with van der Waals surface area (Å²) in [5, 5.41) is 18.6. The molecule has 104 valence electrons. The van der Waals surface area contributed by atoms with E-state index in [1.54, 1.807) is 11.9 Å². The molecule has 2 N–H and O–H groups in total. The Morgan fingerprint density at radius 3 is 2.33 bits per heavy atom. The molecule has 1 saturated heterocycles. The smallest absolute Gasteiger partial charge is 0.326 e. The molecule has 2 unspecified atom stereocenters. The molecule has 0 aromatic carbocycles. The SMILES string of the molecule is CC(C)C(C)N(C)C(=O)N1CC(O)C[C@H]1C(=O)O. The fourth-order valence-electron chi connectivity index (χ4n) is 2.08. The van der Waals surface area contributed by atoms with E-state index in [2.05, 4.69) is 0 Å². The summed E-state index contributed by atoms with van der Waals surface area (Å²) in [6.45, 7) is 6.01. The van der Waals surface area contributed by atoms with Gasteiger partial charge in [-0.3, -0.25) is 0 Å². The third kappa shape index (κ3) is 2.93. The van der Waals surface area contributed by atoms with Gasteiger partial charge in [0, 0.05) is 26.1 Å². The predicted molar refractivity (Wildman–Crippen MR) is 66.2 cm³/mol. The average Bonchev–Trinajstić information content (AvgIpc) is 2.68. The summed E-state index contributed by atoms with van der Waals surface area (Å²) in [6.07, 6.45) is -0.650. The summed E-state index contributed by atoms with van der Waals surface area (Å²) in [7, 11) is 1.66. The van der Waals surface area contributed by atoms with Crippen LogP contribution in [0.4, 0.5) is 4.79 Å². The maximum absolute atomic E-state index is 12.2. The van der Waals surface area contributed by atoms with Crippen LogP contribution in [0.5, 0.6) is 0 Å². The van der Waals surface area contributed by atoms with Gasteiger partial charge in [0.05, 0.1) is 6.10 Å². The van der Waals surface area contributed by atoms with Crippen LogP contribution in [0.1, 0.15) is 27.2 Å². The number of rotatable bonds is 3. The summed E-state index contributed by atoms with van der Waals surface area (Å²) < 4.78 is 0. The summed E-state index contributed by atoms with van der Waals surface area (Å²) in [5.41, 5.74) is 0. The van der Waals surface area contributed by atoms with Crippen LogP contribution >= 0.6 is 0 Å². The van der Waals surface area contributed by atoms with Gasteiger partial charge in [-0.2, -0.15) is 0 Å². The molecular weight excluding hydrogens is 236 g/mol. The normalized spacial score (nSPS) is 25.3. The van der Waals surface area contributed by atoms with Gasteiger partial charge in [0.2, 0.25) is 0 Å². The predicted octanol–water partition coefficient (Wildman–Crippen LogP) is 0.603. The second-order valence-corrected chi connectivity index (χ2v) is 5.27. The van der Waals surface area contributed by atoms with E-state index in [-0.39, 0.29) is 31.0 Å². The number of carboxylic acid groups (broad SMARTS) is 1. The maximum Gasteiger partial charge on any atom is 0.326 e. The van der Waals surface area contributed by atoms with Gasteiger partial charge in [0.15, 0.2) is 0 Å². The number of carboxylic acids is 1. The van der Waals surface area contributed by atoms with Gasteiger partial charge in [-0.05, 0) is 12.8 Å². The summed E-state index contributed by atoms with van der Waals surface area (Å²) in [6, 6.07) is -1.24. The van der Waals surface area contributed by atoms with Crippen LogP contribution in [0.3, 0.4) is 0 Å². The van der Waals surface area contributed by atoms with Crippen molar-refractivity contribution in [1.82, 2.24) is 9.80 Å². The van der Waals surface area contributed by atoms with Gasteiger partial charge in [0.25, 0.3) is 0 Å². The molecule has 2 amide bonds. The monoisotopic (exact) mass is 258 g/mol. The van der Waals surface area contributed by atoms with Crippen molar-refractivity contribution in [2.45, 2.75) is 45.4 Å². The van der Waals surface area contributed by atoms with Gasteiger partial charge in [-0.1, -0.05) is 13.8 Å². The lowest BCUT2D eigenvalue weighted by Gasteiger charge is -2.33. The topological polar surface area (TPSA) is 81.1 Å². The third-order valence-electron chi connectivity index (χ3n) is 3.69. The minimum atomic E-state index is -1.06. The molecule has 1 heterocycles. The van der Waals surface area contributed by atoms with Crippen molar-refractivity contribution in [1.29, 1.82) is 0 Å². The van der Waals surface area contributed by atoms with Gasteiger partial charge >= 0.3 is 12.0 Å². The average molecular weight is 258 g/mol. The van der Waals surface area contributed by atoms with Crippen molar-refractivity contribution in [2.75, 3.05) is 13.6 Å². The number of hydrogen-bond acceptors (Lipinski definition) is 3. The molecule has 0 radical (unpaired) electrons. The molecule has 1 aliphatic rings. The molecule has 0 spiro atoms. The van der Waals surface area contributed by atoms with E-state index in [0.717, 1.165) is 0 Å². The molecule has 18 heavy (non-hydrogen) atoms. The number of aliphatic hydroxyl groups excluding tert-OH is 1. The first kappa shape index (κ1) is 14.8. The van der Waals surface area contributed by atoms with Crippen LogP contribution in [0.25, 0.3) is 0 Å². The number of carbonyl (C=O) groups excluding carboxylic acids is 1. The Balaban J connectivity index is 2.79. The third-order valence-corrected chi connectivity index (χ3v) is 3.69.